The molecule has 2 heterocycles. The number of H-pyrrole nitrogens is 2. The van der Waals surface area contributed by atoms with E-state index in [1.165, 1.54) is 0 Å². The molecule has 4 N–H and O–H groups in total. The van der Waals surface area contributed by atoms with Crippen molar-refractivity contribution in [2.45, 2.75) is 19.0 Å². The van der Waals surface area contributed by atoms with Crippen LogP contribution < -0.4 is 10.6 Å². The van der Waals surface area contributed by atoms with Crippen LogP contribution in [0.5, 0.6) is 0 Å². The van der Waals surface area contributed by atoms with Gasteiger partial charge in [-0.05, 0) is 29.3 Å². The summed E-state index contributed by atoms with van der Waals surface area (Å²) in [7, 11) is 0. The summed E-state index contributed by atoms with van der Waals surface area (Å²) < 4.78 is 0. The van der Waals surface area contributed by atoms with Crippen molar-refractivity contribution in [3.63, 3.8) is 0 Å². The highest BCUT2D eigenvalue weighted by Crippen LogP contribution is 2.20. The molecule has 0 spiro atoms. The summed E-state index contributed by atoms with van der Waals surface area (Å²) in [5, 5.41) is 7.89. The lowest BCUT2D eigenvalue weighted by atomic mass is 10.0. The lowest BCUT2D eigenvalue weighted by molar-refractivity contribution is -0.123. The summed E-state index contributed by atoms with van der Waals surface area (Å²) in [6.07, 6.45) is 2.27. The fourth-order valence-electron chi connectivity index (χ4n) is 4.07. The maximum atomic E-state index is 13.2. The zero-order valence-corrected chi connectivity index (χ0v) is 18.0. The van der Waals surface area contributed by atoms with E-state index in [0.29, 0.717) is 18.7 Å². The fourth-order valence-corrected chi connectivity index (χ4v) is 4.07. The van der Waals surface area contributed by atoms with Crippen molar-refractivity contribution >= 4 is 33.6 Å². The van der Waals surface area contributed by atoms with Gasteiger partial charge in [0, 0.05) is 41.0 Å². The lowest BCUT2D eigenvalue weighted by Gasteiger charge is -2.18. The van der Waals surface area contributed by atoms with Gasteiger partial charge in [-0.25, -0.2) is 0 Å². The van der Waals surface area contributed by atoms with Gasteiger partial charge in [0.2, 0.25) is 5.91 Å². The molecular formula is C27H24N4O2. The van der Waals surface area contributed by atoms with E-state index in [-0.39, 0.29) is 11.8 Å². The number of carbonyl (C=O) groups is 2. The van der Waals surface area contributed by atoms with Gasteiger partial charge in [-0.3, -0.25) is 9.59 Å². The van der Waals surface area contributed by atoms with Crippen LogP contribution in [0.25, 0.3) is 21.8 Å². The maximum absolute atomic E-state index is 13.2. The molecule has 6 nitrogen and oxygen atoms in total. The number of hydrogen-bond acceptors (Lipinski definition) is 2. The smallest absolute Gasteiger partial charge is 0.268 e. The van der Waals surface area contributed by atoms with Gasteiger partial charge in [0.05, 0.1) is 0 Å². The highest BCUT2D eigenvalue weighted by atomic mass is 16.2. The van der Waals surface area contributed by atoms with Crippen LogP contribution in [0.2, 0.25) is 0 Å². The van der Waals surface area contributed by atoms with Gasteiger partial charge >= 0.3 is 0 Å². The second kappa shape index (κ2) is 9.04. The van der Waals surface area contributed by atoms with Crippen LogP contribution in [0.15, 0.2) is 91.1 Å². The van der Waals surface area contributed by atoms with Crippen LogP contribution in [-0.2, 0) is 17.8 Å². The molecule has 0 bridgehead atoms. The number of aromatic nitrogens is 2. The van der Waals surface area contributed by atoms with Gasteiger partial charge in [0.25, 0.3) is 5.91 Å². The van der Waals surface area contributed by atoms with Crippen molar-refractivity contribution in [3.05, 3.63) is 108 Å². The summed E-state index contributed by atoms with van der Waals surface area (Å²) in [6, 6.07) is 26.4. The van der Waals surface area contributed by atoms with E-state index in [0.717, 1.165) is 32.9 Å². The summed E-state index contributed by atoms with van der Waals surface area (Å²) >= 11 is 0. The lowest BCUT2D eigenvalue weighted by Crippen LogP contribution is -2.47. The molecule has 0 saturated heterocycles. The van der Waals surface area contributed by atoms with E-state index in [4.69, 9.17) is 0 Å². The van der Waals surface area contributed by atoms with E-state index in [1.54, 1.807) is 6.07 Å². The summed E-state index contributed by atoms with van der Waals surface area (Å²) in [6.45, 7) is 0.395. The average Bonchev–Trinajstić information content (AvgIpc) is 3.47. The Morgan fingerprint density at radius 1 is 0.848 bits per heavy atom. The van der Waals surface area contributed by atoms with Crippen molar-refractivity contribution in [1.29, 1.82) is 0 Å². The Morgan fingerprint density at radius 2 is 1.58 bits per heavy atom. The van der Waals surface area contributed by atoms with Crippen LogP contribution in [-0.4, -0.2) is 27.8 Å². The number of para-hydroxylation sites is 2. The van der Waals surface area contributed by atoms with E-state index in [2.05, 4.69) is 20.6 Å². The molecule has 0 aliphatic rings. The first kappa shape index (κ1) is 20.6. The third-order valence-electron chi connectivity index (χ3n) is 5.80. The quantitative estimate of drug-likeness (QED) is 0.306. The number of amides is 2. The van der Waals surface area contributed by atoms with Crippen LogP contribution in [0.3, 0.4) is 0 Å². The molecule has 3 aromatic carbocycles. The SMILES string of the molecule is O=C(N[C@H](Cc1c[nH]c2ccccc12)C(=O)NCc1ccccc1)c1cc2ccccc2[nH]1. The fraction of sp³-hybridized carbons (Fsp3) is 0.111. The first-order valence-corrected chi connectivity index (χ1v) is 10.9. The molecular weight excluding hydrogens is 412 g/mol. The number of nitrogens with one attached hydrogen (secondary N) is 4. The van der Waals surface area contributed by atoms with E-state index >= 15 is 0 Å². The second-order valence-corrected chi connectivity index (χ2v) is 8.06. The molecule has 2 aromatic heterocycles. The molecule has 5 rings (SSSR count). The summed E-state index contributed by atoms with van der Waals surface area (Å²) in [4.78, 5) is 32.6. The molecule has 0 unspecified atom stereocenters. The standard InChI is InChI=1S/C27H24N4O2/c32-26(29-16-18-8-2-1-3-9-18)24(15-20-17-28-23-13-7-5-11-21(20)23)31-27(33)25-14-19-10-4-6-12-22(19)30-25/h1-14,17,24,28,30H,15-16H2,(H,29,32)(H,31,33)/t24-/m1/s1. The number of aromatic amines is 2. The second-order valence-electron chi connectivity index (χ2n) is 8.06. The van der Waals surface area contributed by atoms with E-state index < -0.39 is 6.04 Å². The molecule has 5 aromatic rings. The molecule has 1 atom stereocenters. The summed E-state index contributed by atoms with van der Waals surface area (Å²) in [5.74, 6) is -0.542. The van der Waals surface area contributed by atoms with Gasteiger partial charge in [-0.15, -0.1) is 0 Å². The minimum atomic E-state index is -0.730. The van der Waals surface area contributed by atoms with Crippen LogP contribution >= 0.6 is 0 Å². The van der Waals surface area contributed by atoms with Crippen LogP contribution in [0.1, 0.15) is 21.6 Å². The van der Waals surface area contributed by atoms with Gasteiger partial charge in [0.15, 0.2) is 0 Å². The molecule has 33 heavy (non-hydrogen) atoms. The molecule has 164 valence electrons. The molecule has 0 fully saturated rings. The Labute approximate surface area is 191 Å². The van der Waals surface area contributed by atoms with E-state index in [1.807, 2.05) is 85.1 Å². The molecule has 2 amide bonds. The van der Waals surface area contributed by atoms with Gasteiger partial charge < -0.3 is 20.6 Å². The first-order valence-electron chi connectivity index (χ1n) is 10.9. The monoisotopic (exact) mass is 436 g/mol. The largest absolute Gasteiger partial charge is 0.361 e. The zero-order valence-electron chi connectivity index (χ0n) is 18.0. The Hall–Kier alpha value is -4.32. The number of fused-ring (bicyclic) bond motifs is 2. The third kappa shape index (κ3) is 4.50. The van der Waals surface area contributed by atoms with Crippen molar-refractivity contribution in [2.24, 2.45) is 0 Å². The minimum Gasteiger partial charge on any atom is -0.361 e. The van der Waals surface area contributed by atoms with E-state index in [9.17, 15) is 9.59 Å². The normalized spacial score (nSPS) is 12.0. The molecule has 0 radical (unpaired) electrons. The van der Waals surface area contributed by atoms with Crippen molar-refractivity contribution in [3.8, 4) is 0 Å². The van der Waals surface area contributed by atoms with Crippen molar-refractivity contribution in [2.75, 3.05) is 0 Å². The minimum absolute atomic E-state index is 0.228. The van der Waals surface area contributed by atoms with Gasteiger partial charge in [-0.1, -0.05) is 66.7 Å². The molecule has 6 heteroatoms. The number of rotatable bonds is 7. The van der Waals surface area contributed by atoms with Crippen LogP contribution in [0.4, 0.5) is 0 Å². The Balaban J connectivity index is 1.38. The van der Waals surface area contributed by atoms with Gasteiger partial charge in [-0.2, -0.15) is 0 Å². The highest BCUT2D eigenvalue weighted by Gasteiger charge is 2.24. The Kier molecular flexibility index (Phi) is 5.64. The predicted octanol–water partition coefficient (Wildman–Crippen LogP) is 4.31. The predicted molar refractivity (Wildman–Crippen MR) is 130 cm³/mol. The highest BCUT2D eigenvalue weighted by molar-refractivity contribution is 6.00. The molecule has 0 aliphatic heterocycles. The summed E-state index contributed by atoms with van der Waals surface area (Å²) in [5.41, 5.74) is 4.28. The van der Waals surface area contributed by atoms with Crippen molar-refractivity contribution in [1.82, 2.24) is 20.6 Å². The first-order chi connectivity index (χ1) is 16.2. The Morgan fingerprint density at radius 3 is 2.39 bits per heavy atom. The number of hydrogen-bond donors (Lipinski definition) is 4. The maximum Gasteiger partial charge on any atom is 0.268 e. The third-order valence-corrected chi connectivity index (χ3v) is 5.80. The molecule has 0 aliphatic carbocycles. The van der Waals surface area contributed by atoms with Gasteiger partial charge in [0.1, 0.15) is 11.7 Å². The Bertz CT molecular complexity index is 1380. The number of carbonyl (C=O) groups excluding carboxylic acids is 2. The zero-order chi connectivity index (χ0) is 22.6. The molecule has 0 saturated carbocycles. The number of benzene rings is 3. The van der Waals surface area contributed by atoms with Crippen LogP contribution in [0, 0.1) is 0 Å². The topological polar surface area (TPSA) is 89.8 Å². The van der Waals surface area contributed by atoms with Crippen molar-refractivity contribution < 1.29 is 9.59 Å². The average molecular weight is 437 g/mol.